The fourth-order valence-corrected chi connectivity index (χ4v) is 2.07. The van der Waals surface area contributed by atoms with E-state index in [1.54, 1.807) is 7.11 Å². The number of allylic oxidation sites excluding steroid dienone is 3. The van der Waals surface area contributed by atoms with Gasteiger partial charge in [0.1, 0.15) is 0 Å². The number of ether oxygens (including phenoxy) is 1. The number of hydrogen-bond acceptors (Lipinski definition) is 2. The molecule has 0 fully saturated rings. The van der Waals surface area contributed by atoms with Crippen LogP contribution in [0.2, 0.25) is 0 Å². The second-order valence-corrected chi connectivity index (χ2v) is 4.50. The molecule has 0 bridgehead atoms. The summed E-state index contributed by atoms with van der Waals surface area (Å²) in [6.45, 7) is 2.19. The van der Waals surface area contributed by atoms with Gasteiger partial charge in [-0.1, -0.05) is 37.8 Å². The van der Waals surface area contributed by atoms with Crippen LogP contribution in [0.25, 0.3) is 0 Å². The van der Waals surface area contributed by atoms with Crippen LogP contribution in [-0.2, 0) is 4.74 Å². The third-order valence-corrected chi connectivity index (χ3v) is 3.05. The van der Waals surface area contributed by atoms with Gasteiger partial charge < -0.3 is 9.84 Å². The van der Waals surface area contributed by atoms with Crippen LogP contribution in [0, 0.1) is 0 Å². The summed E-state index contributed by atoms with van der Waals surface area (Å²) in [5, 5.41) is 9.89. The Morgan fingerprint density at radius 1 is 1.38 bits per heavy atom. The molecule has 0 aromatic carbocycles. The van der Waals surface area contributed by atoms with Gasteiger partial charge in [0.05, 0.1) is 19.0 Å². The van der Waals surface area contributed by atoms with Crippen molar-refractivity contribution >= 4 is 0 Å². The Labute approximate surface area is 99.0 Å². The number of aliphatic hydroxyl groups is 1. The second kappa shape index (κ2) is 7.50. The van der Waals surface area contributed by atoms with Crippen molar-refractivity contribution in [2.24, 2.45) is 0 Å². The van der Waals surface area contributed by atoms with Crippen LogP contribution in [0.1, 0.15) is 51.9 Å². The first-order chi connectivity index (χ1) is 7.76. The maximum absolute atomic E-state index is 9.89. The first-order valence-electron chi connectivity index (χ1n) is 6.35. The molecule has 0 amide bonds. The van der Waals surface area contributed by atoms with Crippen LogP contribution in [0.15, 0.2) is 23.5 Å². The van der Waals surface area contributed by atoms with E-state index in [1.165, 1.54) is 18.4 Å². The van der Waals surface area contributed by atoms with E-state index in [2.05, 4.69) is 19.1 Å². The van der Waals surface area contributed by atoms with E-state index in [-0.39, 0.29) is 6.10 Å². The fourth-order valence-electron chi connectivity index (χ4n) is 2.07. The molecule has 0 aliphatic heterocycles. The molecule has 1 atom stereocenters. The normalized spacial score (nSPS) is 17.7. The van der Waals surface area contributed by atoms with Gasteiger partial charge in [-0.2, -0.15) is 0 Å². The number of unbranched alkanes of at least 4 members (excludes halogenated alkanes) is 2. The molecule has 0 aromatic heterocycles. The molecule has 1 rings (SSSR count). The van der Waals surface area contributed by atoms with Crippen molar-refractivity contribution in [3.8, 4) is 0 Å². The summed E-state index contributed by atoms with van der Waals surface area (Å²) >= 11 is 0. The summed E-state index contributed by atoms with van der Waals surface area (Å²) in [5.41, 5.74) is 1.32. The van der Waals surface area contributed by atoms with E-state index in [4.69, 9.17) is 4.74 Å². The molecule has 16 heavy (non-hydrogen) atoms. The molecular formula is C14H24O2. The minimum atomic E-state index is -0.172. The van der Waals surface area contributed by atoms with E-state index >= 15 is 0 Å². The quantitative estimate of drug-likeness (QED) is 0.529. The molecule has 0 aromatic rings. The summed E-state index contributed by atoms with van der Waals surface area (Å²) in [5.74, 6) is 1.04. The number of methoxy groups -OCH3 is 1. The monoisotopic (exact) mass is 224 g/mol. The maximum atomic E-state index is 9.89. The average molecular weight is 224 g/mol. The van der Waals surface area contributed by atoms with Gasteiger partial charge in [0.15, 0.2) is 0 Å². The molecule has 0 spiro atoms. The highest BCUT2D eigenvalue weighted by Gasteiger charge is 2.11. The summed E-state index contributed by atoms with van der Waals surface area (Å²) in [6, 6.07) is 0. The first-order valence-corrected chi connectivity index (χ1v) is 6.35. The molecule has 1 N–H and O–H groups in total. The highest BCUT2D eigenvalue weighted by Crippen LogP contribution is 2.23. The topological polar surface area (TPSA) is 29.5 Å². The van der Waals surface area contributed by atoms with Gasteiger partial charge in [-0.25, -0.2) is 0 Å². The zero-order valence-electron chi connectivity index (χ0n) is 10.5. The predicted molar refractivity (Wildman–Crippen MR) is 67.2 cm³/mol. The van der Waals surface area contributed by atoms with Crippen molar-refractivity contribution in [3.63, 3.8) is 0 Å². The van der Waals surface area contributed by atoms with E-state index in [0.717, 1.165) is 37.9 Å². The van der Waals surface area contributed by atoms with Crippen molar-refractivity contribution in [1.82, 2.24) is 0 Å². The molecule has 2 nitrogen and oxygen atoms in total. The molecule has 1 aliphatic rings. The van der Waals surface area contributed by atoms with Crippen molar-refractivity contribution in [2.75, 3.05) is 7.11 Å². The molecule has 2 heteroatoms. The SMILES string of the molecule is CCCCC[C@@H](O)CC1=CCC=C(OC)C1. The molecule has 0 heterocycles. The number of hydrogen-bond donors (Lipinski definition) is 1. The Morgan fingerprint density at radius 3 is 2.88 bits per heavy atom. The second-order valence-electron chi connectivity index (χ2n) is 4.50. The minimum Gasteiger partial charge on any atom is -0.501 e. The van der Waals surface area contributed by atoms with Gasteiger partial charge in [-0.3, -0.25) is 0 Å². The number of rotatable bonds is 7. The van der Waals surface area contributed by atoms with Gasteiger partial charge in [-0.05, 0) is 25.3 Å². The molecule has 0 unspecified atom stereocenters. The zero-order valence-corrected chi connectivity index (χ0v) is 10.5. The predicted octanol–water partition coefficient (Wildman–Crippen LogP) is 3.57. The van der Waals surface area contributed by atoms with Gasteiger partial charge in [0.2, 0.25) is 0 Å². The van der Waals surface area contributed by atoms with Crippen LogP contribution >= 0.6 is 0 Å². The summed E-state index contributed by atoms with van der Waals surface area (Å²) < 4.78 is 5.24. The smallest absolute Gasteiger partial charge is 0.0959 e. The largest absolute Gasteiger partial charge is 0.501 e. The lowest BCUT2D eigenvalue weighted by Gasteiger charge is -2.17. The standard InChI is InChI=1S/C14H24O2/c1-3-4-5-8-13(15)10-12-7-6-9-14(11-12)16-2/h7,9,13,15H,3-6,8,10-11H2,1-2H3/t13-/m1/s1. The molecule has 1 aliphatic carbocycles. The lowest BCUT2D eigenvalue weighted by molar-refractivity contribution is 0.159. The van der Waals surface area contributed by atoms with Gasteiger partial charge >= 0.3 is 0 Å². The van der Waals surface area contributed by atoms with Crippen LogP contribution in [-0.4, -0.2) is 18.3 Å². The van der Waals surface area contributed by atoms with Crippen molar-refractivity contribution in [3.05, 3.63) is 23.5 Å². The van der Waals surface area contributed by atoms with Crippen molar-refractivity contribution < 1.29 is 9.84 Å². The molecular weight excluding hydrogens is 200 g/mol. The highest BCUT2D eigenvalue weighted by molar-refractivity contribution is 5.19. The summed E-state index contributed by atoms with van der Waals surface area (Å²) in [6.07, 6.45) is 11.3. The van der Waals surface area contributed by atoms with Crippen LogP contribution < -0.4 is 0 Å². The first kappa shape index (κ1) is 13.3. The molecule has 0 radical (unpaired) electrons. The van der Waals surface area contributed by atoms with Crippen LogP contribution in [0.3, 0.4) is 0 Å². The van der Waals surface area contributed by atoms with Gasteiger partial charge in [0, 0.05) is 6.42 Å². The lowest BCUT2D eigenvalue weighted by Crippen LogP contribution is -2.09. The Morgan fingerprint density at radius 2 is 2.19 bits per heavy atom. The summed E-state index contributed by atoms with van der Waals surface area (Å²) in [7, 11) is 1.71. The van der Waals surface area contributed by atoms with Gasteiger partial charge in [0.25, 0.3) is 0 Å². The Hall–Kier alpha value is -0.760. The van der Waals surface area contributed by atoms with E-state index < -0.39 is 0 Å². The fraction of sp³-hybridized carbons (Fsp3) is 0.714. The lowest BCUT2D eigenvalue weighted by atomic mass is 9.96. The molecule has 0 saturated heterocycles. The van der Waals surface area contributed by atoms with Crippen molar-refractivity contribution in [2.45, 2.75) is 58.0 Å². The molecule has 0 saturated carbocycles. The Kier molecular flexibility index (Phi) is 6.24. The van der Waals surface area contributed by atoms with Gasteiger partial charge in [-0.15, -0.1) is 0 Å². The van der Waals surface area contributed by atoms with E-state index in [0.29, 0.717) is 0 Å². The number of aliphatic hydroxyl groups excluding tert-OH is 1. The van der Waals surface area contributed by atoms with E-state index in [1.807, 2.05) is 0 Å². The Balaban J connectivity index is 2.24. The third kappa shape index (κ3) is 4.84. The average Bonchev–Trinajstić information content (AvgIpc) is 2.29. The van der Waals surface area contributed by atoms with Crippen LogP contribution in [0.5, 0.6) is 0 Å². The summed E-state index contributed by atoms with van der Waals surface area (Å²) in [4.78, 5) is 0. The van der Waals surface area contributed by atoms with Crippen LogP contribution in [0.4, 0.5) is 0 Å². The molecule has 92 valence electrons. The Bertz CT molecular complexity index is 253. The van der Waals surface area contributed by atoms with E-state index in [9.17, 15) is 5.11 Å². The minimum absolute atomic E-state index is 0.172. The van der Waals surface area contributed by atoms with Crippen molar-refractivity contribution in [1.29, 1.82) is 0 Å². The third-order valence-electron chi connectivity index (χ3n) is 3.05. The zero-order chi connectivity index (χ0) is 11.8. The maximum Gasteiger partial charge on any atom is 0.0959 e. The highest BCUT2D eigenvalue weighted by atomic mass is 16.5.